The van der Waals surface area contributed by atoms with E-state index in [1.54, 1.807) is 12.1 Å². The number of nitrogens with zero attached hydrogens (tertiary/aromatic N) is 3. The van der Waals surface area contributed by atoms with E-state index in [0.29, 0.717) is 16.7 Å². The molecular formula is C21H14N4O. The molecule has 0 radical (unpaired) electrons. The summed E-state index contributed by atoms with van der Waals surface area (Å²) in [7, 11) is 0. The number of nitrogens with one attached hydrogen (secondary N) is 1. The van der Waals surface area contributed by atoms with Crippen molar-refractivity contribution in [2.45, 2.75) is 0 Å². The van der Waals surface area contributed by atoms with Crippen LogP contribution in [-0.4, -0.2) is 9.55 Å². The highest BCUT2D eigenvalue weighted by Crippen LogP contribution is 2.25. The van der Waals surface area contributed by atoms with E-state index in [4.69, 9.17) is 0 Å². The Morgan fingerprint density at radius 1 is 0.962 bits per heavy atom. The number of para-hydroxylation sites is 2. The van der Waals surface area contributed by atoms with Gasteiger partial charge in [-0.15, -0.1) is 0 Å². The Bertz CT molecular complexity index is 1180. The molecule has 0 unspecified atom stereocenters. The molecule has 0 saturated carbocycles. The molecule has 0 amide bonds. The number of nitriles is 1. The number of anilines is 2. The summed E-state index contributed by atoms with van der Waals surface area (Å²) < 4.78 is 1.92. The van der Waals surface area contributed by atoms with Crippen molar-refractivity contribution in [2.75, 3.05) is 5.32 Å². The van der Waals surface area contributed by atoms with E-state index in [2.05, 4.69) is 10.3 Å². The average Bonchev–Trinajstić information content (AvgIpc) is 2.69. The minimum atomic E-state index is -0.150. The Hall–Kier alpha value is -3.91. The van der Waals surface area contributed by atoms with Crippen LogP contribution in [0.2, 0.25) is 0 Å². The minimum Gasteiger partial charge on any atom is -0.341 e. The molecule has 1 N–H and O–H groups in total. The van der Waals surface area contributed by atoms with Crippen LogP contribution in [0.4, 0.5) is 11.5 Å². The SMILES string of the molecule is N#Cc1cc2c(cn1)c(=O)cc(Nc1ccccc1)n2-c1ccccc1. The number of hydrogen-bond donors (Lipinski definition) is 1. The second kappa shape index (κ2) is 6.54. The lowest BCUT2D eigenvalue weighted by Crippen LogP contribution is -2.13. The molecule has 2 aromatic heterocycles. The van der Waals surface area contributed by atoms with Crippen LogP contribution < -0.4 is 10.7 Å². The van der Waals surface area contributed by atoms with Crippen molar-refractivity contribution in [1.82, 2.24) is 9.55 Å². The normalized spacial score (nSPS) is 10.4. The van der Waals surface area contributed by atoms with Crippen LogP contribution in [0.3, 0.4) is 0 Å². The van der Waals surface area contributed by atoms with Crippen LogP contribution in [0.5, 0.6) is 0 Å². The first kappa shape index (κ1) is 15.6. The predicted molar refractivity (Wildman–Crippen MR) is 102 cm³/mol. The maximum Gasteiger partial charge on any atom is 0.193 e. The van der Waals surface area contributed by atoms with Crippen molar-refractivity contribution in [3.05, 3.63) is 94.9 Å². The van der Waals surface area contributed by atoms with E-state index in [0.717, 1.165) is 11.4 Å². The summed E-state index contributed by atoms with van der Waals surface area (Å²) >= 11 is 0. The van der Waals surface area contributed by atoms with E-state index >= 15 is 0 Å². The quantitative estimate of drug-likeness (QED) is 0.613. The molecule has 0 spiro atoms. The van der Waals surface area contributed by atoms with E-state index in [1.165, 1.54) is 6.20 Å². The number of pyridine rings is 2. The minimum absolute atomic E-state index is 0.150. The highest BCUT2D eigenvalue weighted by Gasteiger charge is 2.12. The van der Waals surface area contributed by atoms with Gasteiger partial charge in [-0.3, -0.25) is 9.36 Å². The second-order valence-electron chi connectivity index (χ2n) is 5.75. The summed E-state index contributed by atoms with van der Waals surface area (Å²) in [6.45, 7) is 0. The zero-order chi connectivity index (χ0) is 17.9. The number of fused-ring (bicyclic) bond motifs is 1. The lowest BCUT2D eigenvalue weighted by molar-refractivity contribution is 1.09. The van der Waals surface area contributed by atoms with Gasteiger partial charge in [0.1, 0.15) is 17.6 Å². The van der Waals surface area contributed by atoms with Crippen molar-refractivity contribution in [1.29, 1.82) is 5.26 Å². The van der Waals surface area contributed by atoms with Crippen molar-refractivity contribution in [2.24, 2.45) is 0 Å². The van der Waals surface area contributed by atoms with Gasteiger partial charge in [0.2, 0.25) is 0 Å². The maximum absolute atomic E-state index is 12.6. The molecule has 0 aliphatic heterocycles. The molecular weight excluding hydrogens is 324 g/mol. The molecule has 0 aliphatic carbocycles. The summed E-state index contributed by atoms with van der Waals surface area (Å²) in [6.07, 6.45) is 1.46. The Morgan fingerprint density at radius 3 is 2.35 bits per heavy atom. The third-order valence-corrected chi connectivity index (χ3v) is 4.07. The van der Waals surface area contributed by atoms with Gasteiger partial charge in [0.15, 0.2) is 5.43 Å². The van der Waals surface area contributed by atoms with Crippen molar-refractivity contribution >= 4 is 22.4 Å². The topological polar surface area (TPSA) is 70.7 Å². The fourth-order valence-electron chi connectivity index (χ4n) is 2.89. The Balaban J connectivity index is 2.04. The van der Waals surface area contributed by atoms with E-state index in [-0.39, 0.29) is 11.1 Å². The first-order valence-corrected chi connectivity index (χ1v) is 8.10. The van der Waals surface area contributed by atoms with Gasteiger partial charge in [0, 0.05) is 23.6 Å². The van der Waals surface area contributed by atoms with E-state index in [1.807, 2.05) is 71.3 Å². The fraction of sp³-hybridized carbons (Fsp3) is 0. The van der Waals surface area contributed by atoms with Crippen LogP contribution >= 0.6 is 0 Å². The molecule has 124 valence electrons. The lowest BCUT2D eigenvalue weighted by Gasteiger charge is -2.18. The largest absolute Gasteiger partial charge is 0.341 e. The molecule has 5 nitrogen and oxygen atoms in total. The highest BCUT2D eigenvalue weighted by atomic mass is 16.1. The van der Waals surface area contributed by atoms with E-state index in [9.17, 15) is 10.1 Å². The molecule has 4 rings (SSSR count). The first-order valence-electron chi connectivity index (χ1n) is 8.10. The lowest BCUT2D eigenvalue weighted by atomic mass is 10.2. The predicted octanol–water partition coefficient (Wildman–Crippen LogP) is 4.00. The highest BCUT2D eigenvalue weighted by molar-refractivity contribution is 5.84. The number of benzene rings is 2. The Morgan fingerprint density at radius 2 is 1.65 bits per heavy atom. The van der Waals surface area contributed by atoms with Gasteiger partial charge in [-0.1, -0.05) is 36.4 Å². The van der Waals surface area contributed by atoms with E-state index < -0.39 is 0 Å². The smallest absolute Gasteiger partial charge is 0.193 e. The number of aromatic nitrogens is 2. The van der Waals surface area contributed by atoms with Crippen LogP contribution in [-0.2, 0) is 0 Å². The summed E-state index contributed by atoms with van der Waals surface area (Å²) in [5.41, 5.74) is 2.49. The molecule has 4 aromatic rings. The van der Waals surface area contributed by atoms with Crippen LogP contribution in [0.1, 0.15) is 5.69 Å². The van der Waals surface area contributed by atoms with Gasteiger partial charge >= 0.3 is 0 Å². The van der Waals surface area contributed by atoms with Gasteiger partial charge in [-0.25, -0.2) is 4.98 Å². The average molecular weight is 338 g/mol. The summed E-state index contributed by atoms with van der Waals surface area (Å²) in [5, 5.41) is 13.0. The molecule has 0 bridgehead atoms. The molecule has 2 heterocycles. The van der Waals surface area contributed by atoms with Crippen LogP contribution in [0.25, 0.3) is 16.6 Å². The van der Waals surface area contributed by atoms with Gasteiger partial charge in [0.05, 0.1) is 10.9 Å². The summed E-state index contributed by atoms with van der Waals surface area (Å²) in [5.74, 6) is 0.620. The van der Waals surface area contributed by atoms with Crippen LogP contribution in [0.15, 0.2) is 83.8 Å². The Labute approximate surface area is 149 Å². The molecule has 0 atom stereocenters. The van der Waals surface area contributed by atoms with Crippen molar-refractivity contribution in [3.63, 3.8) is 0 Å². The molecule has 2 aromatic carbocycles. The number of hydrogen-bond acceptors (Lipinski definition) is 4. The van der Waals surface area contributed by atoms with Crippen molar-refractivity contribution in [3.8, 4) is 11.8 Å². The Kier molecular flexibility index (Phi) is 3.92. The zero-order valence-electron chi connectivity index (χ0n) is 13.8. The third-order valence-electron chi connectivity index (χ3n) is 4.07. The summed E-state index contributed by atoms with van der Waals surface area (Å²) in [6, 6.07) is 24.6. The molecule has 26 heavy (non-hydrogen) atoms. The standard InChI is InChI=1S/C21H14N4O/c22-13-16-11-19-18(14-23-16)20(26)12-21(24-15-7-3-1-4-8-15)25(19)17-9-5-2-6-10-17/h1-12,14,24H. The van der Waals surface area contributed by atoms with Crippen LogP contribution in [0, 0.1) is 11.3 Å². The van der Waals surface area contributed by atoms with Crippen molar-refractivity contribution < 1.29 is 0 Å². The zero-order valence-corrected chi connectivity index (χ0v) is 13.8. The molecule has 0 fully saturated rings. The number of rotatable bonds is 3. The molecule has 5 heteroatoms. The molecule has 0 aliphatic rings. The second-order valence-corrected chi connectivity index (χ2v) is 5.75. The molecule has 0 saturated heterocycles. The van der Waals surface area contributed by atoms with Gasteiger partial charge in [0.25, 0.3) is 0 Å². The summed E-state index contributed by atoms with van der Waals surface area (Å²) in [4.78, 5) is 16.6. The third kappa shape index (κ3) is 2.80. The fourth-order valence-corrected chi connectivity index (χ4v) is 2.89. The first-order chi connectivity index (χ1) is 12.8. The van der Waals surface area contributed by atoms with Gasteiger partial charge in [-0.05, 0) is 30.3 Å². The van der Waals surface area contributed by atoms with Gasteiger partial charge < -0.3 is 5.32 Å². The van der Waals surface area contributed by atoms with Gasteiger partial charge in [-0.2, -0.15) is 5.26 Å². The monoisotopic (exact) mass is 338 g/mol. The maximum atomic E-state index is 12.6.